The molecule has 0 saturated heterocycles. The largest absolute Gasteiger partial charge is 0.497 e. The van der Waals surface area contributed by atoms with E-state index in [2.05, 4.69) is 10.0 Å². The molecule has 2 N–H and O–H groups in total. The molecule has 0 bridgehead atoms. The average Bonchev–Trinajstić information content (AvgIpc) is 2.93. The van der Waals surface area contributed by atoms with Gasteiger partial charge in [-0.15, -0.1) is 11.3 Å². The Bertz CT molecular complexity index is 769. The summed E-state index contributed by atoms with van der Waals surface area (Å²) in [6.07, 6.45) is 0. The second-order valence-corrected chi connectivity index (χ2v) is 7.75. The molecule has 0 aliphatic carbocycles. The molecule has 0 radical (unpaired) electrons. The third-order valence-corrected chi connectivity index (χ3v) is 5.65. The highest BCUT2D eigenvalue weighted by atomic mass is 32.2. The van der Waals surface area contributed by atoms with E-state index in [0.29, 0.717) is 11.4 Å². The van der Waals surface area contributed by atoms with E-state index in [1.807, 2.05) is 6.92 Å². The molecule has 118 valence electrons. The molecule has 8 heteroatoms. The number of aryl methyl sites for hydroxylation is 1. The van der Waals surface area contributed by atoms with Gasteiger partial charge in [-0.3, -0.25) is 4.79 Å². The number of carbonyl (C=O) groups is 1. The van der Waals surface area contributed by atoms with E-state index in [0.717, 1.165) is 16.2 Å². The van der Waals surface area contributed by atoms with Gasteiger partial charge >= 0.3 is 0 Å². The molecule has 0 saturated carbocycles. The number of thiophene rings is 1. The van der Waals surface area contributed by atoms with Gasteiger partial charge in [-0.05, 0) is 31.2 Å². The van der Waals surface area contributed by atoms with Gasteiger partial charge in [-0.25, -0.2) is 13.1 Å². The molecule has 0 atom stereocenters. The predicted octanol–water partition coefficient (Wildman–Crippen LogP) is 1.98. The molecule has 0 spiro atoms. The lowest BCUT2D eigenvalue weighted by molar-refractivity contribution is -0.115. The summed E-state index contributed by atoms with van der Waals surface area (Å²) >= 11 is 1.16. The van der Waals surface area contributed by atoms with E-state index >= 15 is 0 Å². The van der Waals surface area contributed by atoms with E-state index in [9.17, 15) is 13.2 Å². The summed E-state index contributed by atoms with van der Waals surface area (Å²) in [6.45, 7) is 1.48. The number of benzene rings is 1. The van der Waals surface area contributed by atoms with E-state index in [4.69, 9.17) is 4.74 Å². The molecule has 0 aliphatic rings. The van der Waals surface area contributed by atoms with Crippen molar-refractivity contribution in [2.24, 2.45) is 0 Å². The van der Waals surface area contributed by atoms with Crippen molar-refractivity contribution in [1.82, 2.24) is 4.72 Å². The topological polar surface area (TPSA) is 84.5 Å². The molecule has 22 heavy (non-hydrogen) atoms. The maximum atomic E-state index is 12.0. The summed E-state index contributed by atoms with van der Waals surface area (Å²) in [5.41, 5.74) is 0.538. The summed E-state index contributed by atoms with van der Waals surface area (Å²) in [7, 11) is -2.13. The Balaban J connectivity index is 1.95. The van der Waals surface area contributed by atoms with Gasteiger partial charge in [0.05, 0.1) is 13.7 Å². The number of nitrogens with one attached hydrogen (secondary N) is 2. The second kappa shape index (κ2) is 6.91. The van der Waals surface area contributed by atoms with Crippen LogP contribution in [0.5, 0.6) is 5.75 Å². The number of methoxy groups -OCH3 is 1. The maximum absolute atomic E-state index is 12.0. The van der Waals surface area contributed by atoms with Crippen LogP contribution in [0.3, 0.4) is 0 Å². The van der Waals surface area contributed by atoms with Gasteiger partial charge in [-0.2, -0.15) is 0 Å². The van der Waals surface area contributed by atoms with Crippen molar-refractivity contribution >= 4 is 33.0 Å². The molecular weight excluding hydrogens is 324 g/mol. The molecule has 2 aromatic rings. The fourth-order valence-electron chi connectivity index (χ4n) is 1.69. The van der Waals surface area contributed by atoms with Crippen LogP contribution in [0.25, 0.3) is 0 Å². The van der Waals surface area contributed by atoms with Crippen molar-refractivity contribution in [3.8, 4) is 5.75 Å². The van der Waals surface area contributed by atoms with Gasteiger partial charge in [0.2, 0.25) is 5.91 Å². The monoisotopic (exact) mass is 340 g/mol. The number of hydrogen-bond acceptors (Lipinski definition) is 5. The first-order valence-corrected chi connectivity index (χ1v) is 8.71. The Hall–Kier alpha value is -1.90. The van der Waals surface area contributed by atoms with Crippen LogP contribution in [-0.4, -0.2) is 28.0 Å². The average molecular weight is 340 g/mol. The van der Waals surface area contributed by atoms with Gasteiger partial charge in [0.25, 0.3) is 10.0 Å². The summed E-state index contributed by atoms with van der Waals surface area (Å²) in [6, 6.07) is 10.1. The summed E-state index contributed by atoms with van der Waals surface area (Å²) in [4.78, 5) is 12.7. The number of carbonyl (C=O) groups excluding carboxylic acids is 1. The van der Waals surface area contributed by atoms with Crippen LogP contribution in [0, 0.1) is 6.92 Å². The number of amides is 1. The number of rotatable bonds is 6. The second-order valence-electron chi connectivity index (χ2n) is 4.47. The highest BCUT2D eigenvalue weighted by molar-refractivity contribution is 7.91. The number of ether oxygens (including phenoxy) is 1. The van der Waals surface area contributed by atoms with Gasteiger partial charge in [-0.1, -0.05) is 6.07 Å². The quantitative estimate of drug-likeness (QED) is 0.842. The lowest BCUT2D eigenvalue weighted by atomic mass is 10.3. The van der Waals surface area contributed by atoms with E-state index in [-0.39, 0.29) is 10.8 Å². The molecule has 6 nitrogen and oxygen atoms in total. The molecular formula is C14H16N2O4S2. The van der Waals surface area contributed by atoms with Crippen LogP contribution >= 0.6 is 11.3 Å². The lowest BCUT2D eigenvalue weighted by Crippen LogP contribution is -2.32. The minimum Gasteiger partial charge on any atom is -0.497 e. The minimum atomic E-state index is -3.66. The van der Waals surface area contributed by atoms with Gasteiger partial charge in [0, 0.05) is 16.6 Å². The van der Waals surface area contributed by atoms with Crippen molar-refractivity contribution in [2.75, 3.05) is 19.0 Å². The van der Waals surface area contributed by atoms with E-state index in [1.165, 1.54) is 13.2 Å². The maximum Gasteiger partial charge on any atom is 0.250 e. The van der Waals surface area contributed by atoms with Crippen LogP contribution < -0.4 is 14.8 Å². The first kappa shape index (κ1) is 16.5. The number of hydrogen-bond donors (Lipinski definition) is 2. The van der Waals surface area contributed by atoms with Crippen LogP contribution in [0.2, 0.25) is 0 Å². The summed E-state index contributed by atoms with van der Waals surface area (Å²) < 4.78 is 31.5. The SMILES string of the molecule is COc1cccc(NC(=O)CNS(=O)(=O)c2ccc(C)s2)c1. The Morgan fingerprint density at radius 1 is 1.27 bits per heavy atom. The number of anilines is 1. The smallest absolute Gasteiger partial charge is 0.250 e. The van der Waals surface area contributed by atoms with Crippen molar-refractivity contribution < 1.29 is 17.9 Å². The van der Waals surface area contributed by atoms with Crippen LogP contribution in [0.1, 0.15) is 4.88 Å². The molecule has 1 amide bonds. The van der Waals surface area contributed by atoms with Crippen molar-refractivity contribution in [1.29, 1.82) is 0 Å². The molecule has 1 aromatic carbocycles. The first-order valence-electron chi connectivity index (χ1n) is 6.41. The molecule has 1 heterocycles. The third kappa shape index (κ3) is 4.30. The van der Waals surface area contributed by atoms with Crippen LogP contribution in [0.15, 0.2) is 40.6 Å². The summed E-state index contributed by atoms with van der Waals surface area (Å²) in [5, 5.41) is 2.60. The van der Waals surface area contributed by atoms with Crippen LogP contribution in [-0.2, 0) is 14.8 Å². The Morgan fingerprint density at radius 3 is 2.68 bits per heavy atom. The lowest BCUT2D eigenvalue weighted by Gasteiger charge is -2.08. The Morgan fingerprint density at radius 2 is 2.05 bits per heavy atom. The highest BCUT2D eigenvalue weighted by Gasteiger charge is 2.17. The zero-order valence-corrected chi connectivity index (χ0v) is 13.8. The normalized spacial score (nSPS) is 11.2. The van der Waals surface area contributed by atoms with Gasteiger partial charge < -0.3 is 10.1 Å². The predicted molar refractivity (Wildman–Crippen MR) is 85.9 cm³/mol. The molecule has 0 fully saturated rings. The van der Waals surface area contributed by atoms with Crippen molar-refractivity contribution in [3.63, 3.8) is 0 Å². The van der Waals surface area contributed by atoms with E-state index < -0.39 is 15.9 Å². The highest BCUT2D eigenvalue weighted by Crippen LogP contribution is 2.20. The molecule has 0 aliphatic heterocycles. The third-order valence-electron chi connectivity index (χ3n) is 2.76. The first-order chi connectivity index (χ1) is 10.4. The van der Waals surface area contributed by atoms with Gasteiger partial charge in [0.1, 0.15) is 9.96 Å². The molecule has 0 unspecified atom stereocenters. The minimum absolute atomic E-state index is 0.194. The fourth-order valence-corrected chi connectivity index (χ4v) is 4.00. The Labute approximate surface area is 133 Å². The molecule has 2 rings (SSSR count). The zero-order chi connectivity index (χ0) is 16.2. The zero-order valence-electron chi connectivity index (χ0n) is 12.1. The van der Waals surface area contributed by atoms with Crippen molar-refractivity contribution in [2.45, 2.75) is 11.1 Å². The van der Waals surface area contributed by atoms with Crippen molar-refractivity contribution in [3.05, 3.63) is 41.3 Å². The van der Waals surface area contributed by atoms with Gasteiger partial charge in [0.15, 0.2) is 0 Å². The Kier molecular flexibility index (Phi) is 5.17. The molecule has 1 aromatic heterocycles. The summed E-state index contributed by atoms with van der Waals surface area (Å²) in [5.74, 6) is 0.151. The fraction of sp³-hybridized carbons (Fsp3) is 0.214. The van der Waals surface area contributed by atoms with Crippen LogP contribution in [0.4, 0.5) is 5.69 Å². The van der Waals surface area contributed by atoms with E-state index in [1.54, 1.807) is 30.3 Å². The standard InChI is InChI=1S/C14H16N2O4S2/c1-10-6-7-14(21-10)22(18,19)15-9-13(17)16-11-4-3-5-12(8-11)20-2/h3-8,15H,9H2,1-2H3,(H,16,17). The number of sulfonamides is 1.